The molecule has 2 aromatic rings. The molecule has 0 heterocycles. The highest BCUT2D eigenvalue weighted by Gasteiger charge is 2.16. The molecule has 4 heteroatoms. The van der Waals surface area contributed by atoms with Crippen molar-refractivity contribution in [1.29, 1.82) is 0 Å². The lowest BCUT2D eigenvalue weighted by Gasteiger charge is -2.19. The monoisotopic (exact) mass is 317 g/mol. The fraction of sp³-hybridized carbons (Fsp3) is 0.333. The average Bonchev–Trinajstić information content (AvgIpc) is 2.41. The minimum absolute atomic E-state index is 0.0471. The number of nitrogens with one attached hydrogen (secondary N) is 1. The number of rotatable bonds is 3. The molecule has 0 aliphatic rings. The molecule has 0 amide bonds. The molecule has 1 N–H and O–H groups in total. The highest BCUT2D eigenvalue weighted by molar-refractivity contribution is 7.92. The molecule has 0 radical (unpaired) electrons. The molecular formula is C18H23NO2S. The Morgan fingerprint density at radius 2 is 1.45 bits per heavy atom. The van der Waals surface area contributed by atoms with E-state index in [-0.39, 0.29) is 10.3 Å². The topological polar surface area (TPSA) is 46.2 Å². The van der Waals surface area contributed by atoms with E-state index in [9.17, 15) is 8.42 Å². The maximum absolute atomic E-state index is 12.4. The van der Waals surface area contributed by atoms with Gasteiger partial charge in [-0.1, -0.05) is 39.0 Å². The molecule has 2 aromatic carbocycles. The van der Waals surface area contributed by atoms with E-state index >= 15 is 0 Å². The van der Waals surface area contributed by atoms with E-state index in [1.807, 2.05) is 32.0 Å². The summed E-state index contributed by atoms with van der Waals surface area (Å²) in [4.78, 5) is 0.287. The standard InChI is InChI=1S/C18H23NO2S/c1-13-6-11-17(12-14(13)2)22(20,21)19-16-9-7-15(8-10-16)18(3,4)5/h6-12,19H,1-5H3. The molecule has 0 atom stereocenters. The third kappa shape index (κ3) is 3.69. The van der Waals surface area contributed by atoms with Crippen LogP contribution in [-0.2, 0) is 15.4 Å². The van der Waals surface area contributed by atoms with E-state index in [0.29, 0.717) is 5.69 Å². The first-order chi connectivity index (χ1) is 10.1. The van der Waals surface area contributed by atoms with E-state index in [1.165, 1.54) is 5.56 Å². The van der Waals surface area contributed by atoms with Crippen LogP contribution in [0.1, 0.15) is 37.5 Å². The van der Waals surface area contributed by atoms with Gasteiger partial charge in [0.1, 0.15) is 0 Å². The SMILES string of the molecule is Cc1ccc(S(=O)(=O)Nc2ccc(C(C)(C)C)cc2)cc1C. The second kappa shape index (κ2) is 5.76. The summed E-state index contributed by atoms with van der Waals surface area (Å²) in [6, 6.07) is 12.7. The fourth-order valence-electron chi connectivity index (χ4n) is 2.13. The maximum atomic E-state index is 12.4. The molecule has 3 nitrogen and oxygen atoms in total. The molecule has 0 bridgehead atoms. The number of aryl methyl sites for hydroxylation is 2. The highest BCUT2D eigenvalue weighted by Crippen LogP contribution is 2.25. The minimum atomic E-state index is -3.55. The van der Waals surface area contributed by atoms with E-state index in [4.69, 9.17) is 0 Å². The predicted molar refractivity (Wildman–Crippen MR) is 91.9 cm³/mol. The van der Waals surface area contributed by atoms with Crippen molar-refractivity contribution in [2.45, 2.75) is 44.9 Å². The molecule has 22 heavy (non-hydrogen) atoms. The van der Waals surface area contributed by atoms with Crippen LogP contribution in [-0.4, -0.2) is 8.42 Å². The van der Waals surface area contributed by atoms with Gasteiger partial charge in [0.15, 0.2) is 0 Å². The zero-order valence-electron chi connectivity index (χ0n) is 13.8. The number of sulfonamides is 1. The number of hydrogen-bond acceptors (Lipinski definition) is 2. The molecule has 0 saturated carbocycles. The Hall–Kier alpha value is -1.81. The molecular weight excluding hydrogens is 294 g/mol. The summed E-state index contributed by atoms with van der Waals surface area (Å²) < 4.78 is 27.5. The third-order valence-corrected chi connectivity index (χ3v) is 5.17. The van der Waals surface area contributed by atoms with Crippen LogP contribution < -0.4 is 4.72 Å². The van der Waals surface area contributed by atoms with Crippen molar-refractivity contribution in [2.75, 3.05) is 4.72 Å². The second-order valence-corrected chi connectivity index (χ2v) is 8.36. The van der Waals surface area contributed by atoms with Crippen molar-refractivity contribution in [3.8, 4) is 0 Å². The summed E-state index contributed by atoms with van der Waals surface area (Å²) >= 11 is 0. The van der Waals surface area contributed by atoms with Crippen LogP contribution in [0.5, 0.6) is 0 Å². The van der Waals surface area contributed by atoms with Crippen molar-refractivity contribution in [3.05, 3.63) is 59.2 Å². The predicted octanol–water partition coefficient (Wildman–Crippen LogP) is 4.40. The van der Waals surface area contributed by atoms with Gasteiger partial charge in [0, 0.05) is 5.69 Å². The Kier molecular flexibility index (Phi) is 4.34. The lowest BCUT2D eigenvalue weighted by Crippen LogP contribution is -2.14. The van der Waals surface area contributed by atoms with Crippen LogP contribution in [0.25, 0.3) is 0 Å². The molecule has 0 unspecified atom stereocenters. The van der Waals surface area contributed by atoms with Crippen molar-refractivity contribution < 1.29 is 8.42 Å². The zero-order chi connectivity index (χ0) is 16.5. The van der Waals surface area contributed by atoms with E-state index in [2.05, 4.69) is 25.5 Å². The van der Waals surface area contributed by atoms with E-state index in [0.717, 1.165) is 11.1 Å². The van der Waals surface area contributed by atoms with E-state index in [1.54, 1.807) is 24.3 Å². The van der Waals surface area contributed by atoms with Gasteiger partial charge in [-0.3, -0.25) is 4.72 Å². The summed E-state index contributed by atoms with van der Waals surface area (Å²) in [5.74, 6) is 0. The summed E-state index contributed by atoms with van der Waals surface area (Å²) in [6.07, 6.45) is 0. The Bertz CT molecular complexity index is 770. The molecule has 0 fully saturated rings. The maximum Gasteiger partial charge on any atom is 0.261 e. The lowest BCUT2D eigenvalue weighted by molar-refractivity contribution is 0.590. The van der Waals surface area contributed by atoms with Gasteiger partial charge in [0.05, 0.1) is 4.90 Å². The Labute approximate surface area is 133 Å². The quantitative estimate of drug-likeness (QED) is 0.912. The fourth-order valence-corrected chi connectivity index (χ4v) is 3.28. The lowest BCUT2D eigenvalue weighted by atomic mass is 9.87. The minimum Gasteiger partial charge on any atom is -0.280 e. The molecule has 2 rings (SSSR count). The third-order valence-electron chi connectivity index (χ3n) is 3.79. The van der Waals surface area contributed by atoms with Gasteiger partial charge >= 0.3 is 0 Å². The molecule has 0 aliphatic carbocycles. The molecule has 0 spiro atoms. The second-order valence-electron chi connectivity index (χ2n) is 6.68. The van der Waals surface area contributed by atoms with E-state index < -0.39 is 10.0 Å². The van der Waals surface area contributed by atoms with Crippen LogP contribution in [0, 0.1) is 13.8 Å². The summed E-state index contributed by atoms with van der Waals surface area (Å²) in [5.41, 5.74) is 3.83. The molecule has 0 saturated heterocycles. The number of anilines is 1. The summed E-state index contributed by atoms with van der Waals surface area (Å²) in [7, 11) is -3.55. The van der Waals surface area contributed by atoms with Crippen LogP contribution in [0.15, 0.2) is 47.4 Å². The normalized spacial score (nSPS) is 12.2. The Morgan fingerprint density at radius 1 is 0.864 bits per heavy atom. The van der Waals surface area contributed by atoms with Crippen molar-refractivity contribution in [3.63, 3.8) is 0 Å². The largest absolute Gasteiger partial charge is 0.280 e. The van der Waals surface area contributed by atoms with Gasteiger partial charge in [-0.25, -0.2) is 8.42 Å². The van der Waals surface area contributed by atoms with Crippen LogP contribution in [0.2, 0.25) is 0 Å². The first-order valence-electron chi connectivity index (χ1n) is 7.30. The number of hydrogen-bond donors (Lipinski definition) is 1. The molecule has 0 aromatic heterocycles. The first-order valence-corrected chi connectivity index (χ1v) is 8.78. The first kappa shape index (κ1) is 16.6. The average molecular weight is 317 g/mol. The van der Waals surface area contributed by atoms with Crippen molar-refractivity contribution in [2.24, 2.45) is 0 Å². The molecule has 118 valence electrons. The Balaban J connectivity index is 2.27. The van der Waals surface area contributed by atoms with Crippen LogP contribution >= 0.6 is 0 Å². The van der Waals surface area contributed by atoms with Crippen LogP contribution in [0.4, 0.5) is 5.69 Å². The Morgan fingerprint density at radius 3 is 1.95 bits per heavy atom. The highest BCUT2D eigenvalue weighted by atomic mass is 32.2. The van der Waals surface area contributed by atoms with Gasteiger partial charge in [-0.15, -0.1) is 0 Å². The van der Waals surface area contributed by atoms with Gasteiger partial charge in [-0.05, 0) is 60.2 Å². The smallest absolute Gasteiger partial charge is 0.261 e. The van der Waals surface area contributed by atoms with Gasteiger partial charge in [0.2, 0.25) is 0 Å². The van der Waals surface area contributed by atoms with Gasteiger partial charge < -0.3 is 0 Å². The van der Waals surface area contributed by atoms with Crippen molar-refractivity contribution in [1.82, 2.24) is 0 Å². The summed E-state index contributed by atoms with van der Waals surface area (Å²) in [6.45, 7) is 10.3. The number of benzene rings is 2. The van der Waals surface area contributed by atoms with Gasteiger partial charge in [-0.2, -0.15) is 0 Å². The summed E-state index contributed by atoms with van der Waals surface area (Å²) in [5, 5.41) is 0. The van der Waals surface area contributed by atoms with Crippen LogP contribution in [0.3, 0.4) is 0 Å². The van der Waals surface area contributed by atoms with Crippen molar-refractivity contribution >= 4 is 15.7 Å². The molecule has 0 aliphatic heterocycles. The zero-order valence-corrected chi connectivity index (χ0v) is 14.6. The van der Waals surface area contributed by atoms with Gasteiger partial charge in [0.25, 0.3) is 10.0 Å².